The van der Waals surface area contributed by atoms with Crippen LogP contribution >= 0.6 is 0 Å². The monoisotopic (exact) mass is 366 g/mol. The van der Waals surface area contributed by atoms with Gasteiger partial charge >= 0.3 is 0 Å². The third-order valence-electron chi connectivity index (χ3n) is 5.38. The van der Waals surface area contributed by atoms with Gasteiger partial charge in [-0.2, -0.15) is 5.10 Å². The van der Waals surface area contributed by atoms with E-state index in [0.29, 0.717) is 25.9 Å². The number of hydrogen-bond acceptors (Lipinski definition) is 4. The third kappa shape index (κ3) is 3.30. The van der Waals surface area contributed by atoms with E-state index in [1.165, 1.54) is 0 Å². The number of carbonyl (C=O) groups excluding carboxylic acids is 1. The second-order valence-electron chi connectivity index (χ2n) is 7.57. The fourth-order valence-corrected chi connectivity index (χ4v) is 4.11. The van der Waals surface area contributed by atoms with Crippen LogP contribution in [0.15, 0.2) is 24.3 Å². The largest absolute Gasteiger partial charge is 0.372 e. The molecule has 1 fully saturated rings. The number of ether oxygens (including phenoxy) is 1. The van der Waals surface area contributed by atoms with Crippen molar-refractivity contribution in [3.05, 3.63) is 41.2 Å². The Kier molecular flexibility index (Phi) is 4.60. The maximum Gasteiger partial charge on any atom is 0.223 e. The van der Waals surface area contributed by atoms with E-state index >= 15 is 0 Å². The number of amides is 1. The van der Waals surface area contributed by atoms with Crippen LogP contribution in [-0.4, -0.2) is 50.7 Å². The van der Waals surface area contributed by atoms with Crippen LogP contribution in [0.25, 0.3) is 16.6 Å². The summed E-state index contributed by atoms with van der Waals surface area (Å²) in [6, 6.07) is 8.05. The molecule has 1 aromatic carbocycles. The molecule has 0 unspecified atom stereocenters. The molecule has 0 spiro atoms. The molecule has 142 valence electrons. The highest BCUT2D eigenvalue weighted by Gasteiger charge is 2.26. The summed E-state index contributed by atoms with van der Waals surface area (Å²) in [5.41, 5.74) is 4.97. The summed E-state index contributed by atoms with van der Waals surface area (Å²) in [5, 5.41) is 5.75. The molecule has 1 saturated heterocycles. The summed E-state index contributed by atoms with van der Waals surface area (Å²) in [4.78, 5) is 19.4. The fraction of sp³-hybridized carbons (Fsp3) is 0.476. The predicted octanol–water partition coefficient (Wildman–Crippen LogP) is 3.07. The topological polar surface area (TPSA) is 59.7 Å². The molecule has 6 heteroatoms. The normalized spacial score (nSPS) is 20.5. The van der Waals surface area contributed by atoms with Crippen LogP contribution in [0.1, 0.15) is 37.2 Å². The van der Waals surface area contributed by atoms with Crippen LogP contribution in [0.4, 0.5) is 0 Å². The molecular weight excluding hydrogens is 340 g/mol. The quantitative estimate of drug-likeness (QED) is 0.715. The van der Waals surface area contributed by atoms with E-state index in [1.54, 1.807) is 0 Å². The zero-order chi connectivity index (χ0) is 19.1. The molecule has 0 aliphatic carbocycles. The fourth-order valence-electron chi connectivity index (χ4n) is 4.11. The lowest BCUT2D eigenvalue weighted by Crippen LogP contribution is -2.48. The van der Waals surface area contributed by atoms with Gasteiger partial charge in [0.2, 0.25) is 5.91 Å². The molecule has 4 rings (SSSR count). The van der Waals surface area contributed by atoms with Crippen LogP contribution in [0.3, 0.4) is 0 Å². The first-order chi connectivity index (χ1) is 12.9. The second kappa shape index (κ2) is 6.93. The number of aryl methyl sites for hydroxylation is 2. The highest BCUT2D eigenvalue weighted by molar-refractivity contribution is 5.92. The Morgan fingerprint density at radius 2 is 1.89 bits per heavy atom. The van der Waals surface area contributed by atoms with Crippen LogP contribution in [0, 0.1) is 13.8 Å². The van der Waals surface area contributed by atoms with E-state index in [9.17, 15) is 4.79 Å². The second-order valence-corrected chi connectivity index (χ2v) is 7.57. The summed E-state index contributed by atoms with van der Waals surface area (Å²) in [7, 11) is 0. The molecule has 0 N–H and O–H groups in total. The summed E-state index contributed by atoms with van der Waals surface area (Å²) in [5.74, 6) is 0.182. The predicted molar refractivity (Wildman–Crippen MR) is 105 cm³/mol. The van der Waals surface area contributed by atoms with E-state index in [-0.39, 0.29) is 18.1 Å². The van der Waals surface area contributed by atoms with Gasteiger partial charge < -0.3 is 9.64 Å². The minimum atomic E-state index is 0.0932. The number of aromatic nitrogens is 3. The summed E-state index contributed by atoms with van der Waals surface area (Å²) in [6.45, 7) is 9.46. The Bertz CT molecular complexity index is 1000. The molecule has 3 heterocycles. The molecule has 1 aliphatic heterocycles. The molecule has 2 aromatic heterocycles. The van der Waals surface area contributed by atoms with Crippen molar-refractivity contribution in [2.75, 3.05) is 13.1 Å². The smallest absolute Gasteiger partial charge is 0.223 e. The van der Waals surface area contributed by atoms with Gasteiger partial charge in [-0.1, -0.05) is 12.1 Å². The molecule has 0 bridgehead atoms. The van der Waals surface area contributed by atoms with Crippen molar-refractivity contribution in [2.45, 2.75) is 52.7 Å². The Morgan fingerprint density at radius 3 is 2.63 bits per heavy atom. The van der Waals surface area contributed by atoms with Crippen molar-refractivity contribution in [3.63, 3.8) is 0 Å². The molecule has 1 amide bonds. The number of fused-ring (bicyclic) bond motifs is 3. The Morgan fingerprint density at radius 1 is 1.19 bits per heavy atom. The number of hydrogen-bond donors (Lipinski definition) is 0. The van der Waals surface area contributed by atoms with E-state index in [2.05, 4.69) is 6.92 Å². The van der Waals surface area contributed by atoms with E-state index in [1.807, 2.05) is 54.5 Å². The number of carbonyl (C=O) groups is 1. The number of nitrogens with zero attached hydrogens (tertiary/aromatic N) is 4. The van der Waals surface area contributed by atoms with Gasteiger partial charge in [0.05, 0.1) is 17.7 Å². The molecule has 0 saturated carbocycles. The van der Waals surface area contributed by atoms with Gasteiger partial charge in [0.15, 0.2) is 5.65 Å². The average Bonchev–Trinajstić information content (AvgIpc) is 2.99. The van der Waals surface area contributed by atoms with Crippen LogP contribution in [0.2, 0.25) is 0 Å². The first-order valence-electron chi connectivity index (χ1n) is 9.61. The molecule has 1 aliphatic rings. The SMILES string of the molecule is Cc1nc2c3ccccc3nn2c(C)c1CCC(=O)N1C[C@@H](C)O[C@H](C)C1. The lowest BCUT2D eigenvalue weighted by molar-refractivity contribution is -0.143. The molecule has 3 aromatic rings. The molecular formula is C21H26N4O2. The van der Waals surface area contributed by atoms with E-state index < -0.39 is 0 Å². The van der Waals surface area contributed by atoms with E-state index in [4.69, 9.17) is 14.8 Å². The average molecular weight is 366 g/mol. The van der Waals surface area contributed by atoms with Crippen molar-refractivity contribution >= 4 is 22.5 Å². The van der Waals surface area contributed by atoms with Crippen LogP contribution in [-0.2, 0) is 16.0 Å². The van der Waals surface area contributed by atoms with Gasteiger partial charge in [0.25, 0.3) is 0 Å². The van der Waals surface area contributed by atoms with Gasteiger partial charge in [-0.15, -0.1) is 0 Å². The summed E-state index contributed by atoms with van der Waals surface area (Å²) < 4.78 is 7.64. The molecule has 6 nitrogen and oxygen atoms in total. The molecule has 27 heavy (non-hydrogen) atoms. The maximum absolute atomic E-state index is 12.7. The minimum Gasteiger partial charge on any atom is -0.372 e. The van der Waals surface area contributed by atoms with Gasteiger partial charge in [0, 0.05) is 36.3 Å². The first kappa shape index (κ1) is 17.9. The van der Waals surface area contributed by atoms with Crippen LogP contribution < -0.4 is 0 Å². The third-order valence-corrected chi connectivity index (χ3v) is 5.38. The molecule has 2 atom stereocenters. The Labute approximate surface area is 159 Å². The van der Waals surface area contributed by atoms with Crippen molar-refractivity contribution in [1.29, 1.82) is 0 Å². The standard InChI is InChI=1S/C21H26N4O2/c1-13-11-24(12-14(2)27-13)20(26)10-9-17-15(3)22-21-18-7-5-6-8-19(18)23-25(21)16(17)4/h5-8,13-14H,9-12H2,1-4H3/t13-,14-/m1/s1. The Hall–Kier alpha value is -2.47. The van der Waals surface area contributed by atoms with Crippen LogP contribution in [0.5, 0.6) is 0 Å². The number of benzene rings is 1. The Balaban J connectivity index is 1.58. The van der Waals surface area contributed by atoms with Crippen molar-refractivity contribution in [3.8, 4) is 0 Å². The van der Waals surface area contributed by atoms with Gasteiger partial charge in [-0.3, -0.25) is 4.79 Å². The van der Waals surface area contributed by atoms with E-state index in [0.717, 1.165) is 33.5 Å². The lowest BCUT2D eigenvalue weighted by atomic mass is 10.1. The highest BCUT2D eigenvalue weighted by Crippen LogP contribution is 2.23. The maximum atomic E-state index is 12.7. The van der Waals surface area contributed by atoms with Gasteiger partial charge in [0.1, 0.15) is 0 Å². The number of rotatable bonds is 3. The summed E-state index contributed by atoms with van der Waals surface area (Å²) in [6.07, 6.45) is 1.34. The first-order valence-corrected chi connectivity index (χ1v) is 9.61. The summed E-state index contributed by atoms with van der Waals surface area (Å²) >= 11 is 0. The van der Waals surface area contributed by atoms with Gasteiger partial charge in [-0.25, -0.2) is 9.50 Å². The number of morpholine rings is 1. The highest BCUT2D eigenvalue weighted by atomic mass is 16.5. The zero-order valence-corrected chi connectivity index (χ0v) is 16.4. The van der Waals surface area contributed by atoms with Crippen molar-refractivity contribution < 1.29 is 9.53 Å². The zero-order valence-electron chi connectivity index (χ0n) is 16.4. The molecule has 0 radical (unpaired) electrons. The van der Waals surface area contributed by atoms with Crippen molar-refractivity contribution in [1.82, 2.24) is 19.5 Å². The van der Waals surface area contributed by atoms with Gasteiger partial charge in [-0.05, 0) is 51.8 Å². The van der Waals surface area contributed by atoms with Crippen molar-refractivity contribution in [2.24, 2.45) is 0 Å². The lowest BCUT2D eigenvalue weighted by Gasteiger charge is -2.35. The minimum absolute atomic E-state index is 0.0932.